The minimum absolute atomic E-state index is 0.908. The highest BCUT2D eigenvalue weighted by Gasteiger charge is 2.02. The molecule has 0 fully saturated rings. The number of aryl methyl sites for hydroxylation is 1. The van der Waals surface area contributed by atoms with Gasteiger partial charge in [-0.05, 0) is 19.5 Å². The molecule has 0 bridgehead atoms. The molecule has 0 aliphatic carbocycles. The maximum atomic E-state index is 4.43. The van der Waals surface area contributed by atoms with E-state index in [9.17, 15) is 0 Å². The zero-order chi connectivity index (χ0) is 11.4. The summed E-state index contributed by atoms with van der Waals surface area (Å²) in [7, 11) is 1.96. The average molecular weight is 232 g/mol. The number of thiazole rings is 1. The summed E-state index contributed by atoms with van der Waals surface area (Å²) in [6, 6.07) is 8.65. The Morgan fingerprint density at radius 2 is 2.00 bits per heavy atom. The average Bonchev–Trinajstić information content (AvgIpc) is 2.70. The maximum absolute atomic E-state index is 4.43. The predicted molar refractivity (Wildman–Crippen MR) is 68.9 cm³/mol. The van der Waals surface area contributed by atoms with E-state index in [0.29, 0.717) is 0 Å². The van der Waals surface area contributed by atoms with Crippen LogP contribution in [0.15, 0.2) is 30.5 Å². The van der Waals surface area contributed by atoms with E-state index in [1.54, 1.807) is 11.3 Å². The molecule has 16 heavy (non-hydrogen) atoms. The van der Waals surface area contributed by atoms with Crippen LogP contribution in [0.1, 0.15) is 21.0 Å². The minimum Gasteiger partial charge on any atom is -0.315 e. The summed E-state index contributed by atoms with van der Waals surface area (Å²) in [5, 5.41) is 4.33. The fourth-order valence-electron chi connectivity index (χ4n) is 1.57. The summed E-state index contributed by atoms with van der Waals surface area (Å²) in [6.07, 6.45) is 2.90. The fraction of sp³-hybridized carbons (Fsp3) is 0.308. The van der Waals surface area contributed by atoms with Crippen LogP contribution in [0.25, 0.3) is 0 Å². The second-order valence-corrected chi connectivity index (χ2v) is 5.11. The van der Waals surface area contributed by atoms with Crippen molar-refractivity contribution in [2.75, 3.05) is 7.05 Å². The Kier molecular flexibility index (Phi) is 3.70. The third-order valence-electron chi connectivity index (χ3n) is 2.43. The summed E-state index contributed by atoms with van der Waals surface area (Å²) < 4.78 is 0. The minimum atomic E-state index is 0.908. The van der Waals surface area contributed by atoms with Gasteiger partial charge in [-0.15, -0.1) is 11.3 Å². The van der Waals surface area contributed by atoms with E-state index in [4.69, 9.17) is 0 Å². The Bertz CT molecular complexity index is 445. The molecular formula is C13H16N2S. The molecule has 3 heteroatoms. The van der Waals surface area contributed by atoms with E-state index in [-0.39, 0.29) is 0 Å². The van der Waals surface area contributed by atoms with Crippen LogP contribution in [0.2, 0.25) is 0 Å². The highest BCUT2D eigenvalue weighted by molar-refractivity contribution is 7.11. The van der Waals surface area contributed by atoms with Gasteiger partial charge in [-0.25, -0.2) is 4.98 Å². The number of nitrogens with one attached hydrogen (secondary N) is 1. The Morgan fingerprint density at radius 3 is 2.69 bits per heavy atom. The van der Waals surface area contributed by atoms with Crippen molar-refractivity contribution in [3.8, 4) is 0 Å². The van der Waals surface area contributed by atoms with E-state index in [0.717, 1.165) is 13.0 Å². The van der Waals surface area contributed by atoms with Crippen LogP contribution in [0.4, 0.5) is 0 Å². The summed E-state index contributed by atoms with van der Waals surface area (Å²) >= 11 is 1.78. The fourth-order valence-corrected chi connectivity index (χ4v) is 2.54. The molecule has 0 aliphatic rings. The molecule has 0 spiro atoms. The lowest BCUT2D eigenvalue weighted by atomic mass is 10.1. The molecule has 84 valence electrons. The van der Waals surface area contributed by atoms with Crippen molar-refractivity contribution >= 4 is 11.3 Å². The van der Waals surface area contributed by atoms with Crippen molar-refractivity contribution in [2.45, 2.75) is 19.9 Å². The van der Waals surface area contributed by atoms with Gasteiger partial charge in [0.1, 0.15) is 0 Å². The van der Waals surface area contributed by atoms with Gasteiger partial charge in [0.2, 0.25) is 0 Å². The van der Waals surface area contributed by atoms with E-state index >= 15 is 0 Å². The van der Waals surface area contributed by atoms with Gasteiger partial charge in [-0.2, -0.15) is 0 Å². The Labute approximate surface area is 100 Å². The van der Waals surface area contributed by atoms with Gasteiger partial charge in [0.05, 0.1) is 5.01 Å². The normalized spacial score (nSPS) is 10.6. The molecule has 2 nitrogen and oxygen atoms in total. The van der Waals surface area contributed by atoms with Gasteiger partial charge >= 0.3 is 0 Å². The van der Waals surface area contributed by atoms with Crippen molar-refractivity contribution in [1.29, 1.82) is 0 Å². The molecule has 0 atom stereocenters. The number of rotatable bonds is 4. The van der Waals surface area contributed by atoms with Crippen molar-refractivity contribution in [1.82, 2.24) is 10.3 Å². The molecular weight excluding hydrogens is 216 g/mol. The Hall–Kier alpha value is -1.19. The second kappa shape index (κ2) is 5.23. The summed E-state index contributed by atoms with van der Waals surface area (Å²) in [5.74, 6) is 0. The molecule has 1 N–H and O–H groups in total. The predicted octanol–water partition coefficient (Wildman–Crippen LogP) is 2.76. The third kappa shape index (κ3) is 2.90. The molecule has 0 aliphatic heterocycles. The molecule has 2 aromatic rings. The van der Waals surface area contributed by atoms with Crippen LogP contribution in [0.3, 0.4) is 0 Å². The molecule has 0 saturated carbocycles. The number of nitrogens with zero attached hydrogens (tertiary/aromatic N) is 1. The molecule has 2 rings (SSSR count). The maximum Gasteiger partial charge on any atom is 0.0971 e. The van der Waals surface area contributed by atoms with E-state index in [2.05, 4.69) is 41.5 Å². The summed E-state index contributed by atoms with van der Waals surface area (Å²) in [5.41, 5.74) is 2.63. The second-order valence-electron chi connectivity index (χ2n) is 3.91. The SMILES string of the molecule is CNCc1cnc(Cc2ccc(C)cc2)s1. The first-order valence-corrected chi connectivity index (χ1v) is 6.23. The highest BCUT2D eigenvalue weighted by atomic mass is 32.1. The first-order chi connectivity index (χ1) is 7.78. The molecule has 0 radical (unpaired) electrons. The van der Waals surface area contributed by atoms with Crippen LogP contribution < -0.4 is 5.32 Å². The summed E-state index contributed by atoms with van der Waals surface area (Å²) in [4.78, 5) is 5.73. The van der Waals surface area contributed by atoms with Gasteiger partial charge in [0.15, 0.2) is 0 Å². The zero-order valence-electron chi connectivity index (χ0n) is 9.66. The summed E-state index contributed by atoms with van der Waals surface area (Å²) in [6.45, 7) is 3.02. The van der Waals surface area contributed by atoms with Gasteiger partial charge in [0, 0.05) is 24.0 Å². The Morgan fingerprint density at radius 1 is 1.25 bits per heavy atom. The van der Waals surface area contributed by atoms with Crippen molar-refractivity contribution in [3.63, 3.8) is 0 Å². The van der Waals surface area contributed by atoms with Crippen molar-refractivity contribution in [2.24, 2.45) is 0 Å². The first-order valence-electron chi connectivity index (χ1n) is 5.41. The van der Waals surface area contributed by atoms with Crippen LogP contribution in [-0.2, 0) is 13.0 Å². The highest BCUT2D eigenvalue weighted by Crippen LogP contribution is 2.17. The zero-order valence-corrected chi connectivity index (χ0v) is 10.5. The molecule has 0 unspecified atom stereocenters. The molecule has 1 aromatic carbocycles. The van der Waals surface area contributed by atoms with Crippen LogP contribution in [0.5, 0.6) is 0 Å². The van der Waals surface area contributed by atoms with Gasteiger partial charge < -0.3 is 5.32 Å². The number of hydrogen-bond donors (Lipinski definition) is 1. The number of hydrogen-bond acceptors (Lipinski definition) is 3. The van der Waals surface area contributed by atoms with E-state index in [1.807, 2.05) is 13.2 Å². The smallest absolute Gasteiger partial charge is 0.0971 e. The number of aromatic nitrogens is 1. The molecule has 0 saturated heterocycles. The van der Waals surface area contributed by atoms with Gasteiger partial charge in [-0.1, -0.05) is 29.8 Å². The quantitative estimate of drug-likeness (QED) is 0.876. The monoisotopic (exact) mass is 232 g/mol. The molecule has 1 heterocycles. The first kappa shape index (κ1) is 11.3. The Balaban J connectivity index is 2.05. The molecule has 0 amide bonds. The number of benzene rings is 1. The topological polar surface area (TPSA) is 24.9 Å². The molecule has 1 aromatic heterocycles. The lowest BCUT2D eigenvalue weighted by Gasteiger charge is -1.98. The van der Waals surface area contributed by atoms with Crippen LogP contribution in [0, 0.1) is 6.92 Å². The van der Waals surface area contributed by atoms with Gasteiger partial charge in [0.25, 0.3) is 0 Å². The van der Waals surface area contributed by atoms with Crippen molar-refractivity contribution in [3.05, 3.63) is 51.5 Å². The van der Waals surface area contributed by atoms with E-state index < -0.39 is 0 Å². The lowest BCUT2D eigenvalue weighted by molar-refractivity contribution is 0.829. The standard InChI is InChI=1S/C13H16N2S/c1-10-3-5-11(6-4-10)7-13-15-9-12(16-13)8-14-2/h3-6,9,14H,7-8H2,1-2H3. The van der Waals surface area contributed by atoms with Crippen LogP contribution >= 0.6 is 11.3 Å². The van der Waals surface area contributed by atoms with E-state index in [1.165, 1.54) is 21.0 Å². The van der Waals surface area contributed by atoms with Crippen LogP contribution in [-0.4, -0.2) is 12.0 Å². The van der Waals surface area contributed by atoms with Crippen molar-refractivity contribution < 1.29 is 0 Å². The lowest BCUT2D eigenvalue weighted by Crippen LogP contribution is -2.02. The largest absolute Gasteiger partial charge is 0.315 e. The van der Waals surface area contributed by atoms with Gasteiger partial charge in [-0.3, -0.25) is 0 Å². The third-order valence-corrected chi connectivity index (χ3v) is 3.43.